The minimum absolute atomic E-state index is 0.0405. The van der Waals surface area contributed by atoms with Crippen LogP contribution < -0.4 is 0 Å². The zero-order valence-electron chi connectivity index (χ0n) is 15.9. The number of rotatable bonds is 5. The number of fused-ring (bicyclic) bond motifs is 1. The first-order valence-corrected chi connectivity index (χ1v) is 10.7. The Morgan fingerprint density at radius 2 is 1.93 bits per heavy atom. The van der Waals surface area contributed by atoms with Gasteiger partial charge >= 0.3 is 0 Å². The van der Waals surface area contributed by atoms with Crippen molar-refractivity contribution < 1.29 is 9.59 Å². The van der Waals surface area contributed by atoms with Crippen LogP contribution in [0.3, 0.4) is 0 Å². The van der Waals surface area contributed by atoms with Crippen LogP contribution in [0.2, 0.25) is 0 Å². The number of carbonyl (C=O) groups is 2. The van der Waals surface area contributed by atoms with E-state index in [-0.39, 0.29) is 36.4 Å². The molecule has 1 aliphatic carbocycles. The van der Waals surface area contributed by atoms with Crippen LogP contribution in [0.15, 0.2) is 41.8 Å². The Bertz CT molecular complexity index is 826. The van der Waals surface area contributed by atoms with E-state index in [9.17, 15) is 9.59 Å². The monoisotopic (exact) mass is 382 g/mol. The van der Waals surface area contributed by atoms with E-state index in [0.717, 1.165) is 24.8 Å². The molecule has 1 aliphatic heterocycles. The lowest BCUT2D eigenvalue weighted by Gasteiger charge is -2.38. The van der Waals surface area contributed by atoms with Crippen molar-refractivity contribution >= 4 is 23.2 Å². The molecule has 5 heteroatoms. The van der Waals surface area contributed by atoms with E-state index in [4.69, 9.17) is 0 Å². The van der Waals surface area contributed by atoms with Gasteiger partial charge in [-0.1, -0.05) is 30.3 Å². The van der Waals surface area contributed by atoms with E-state index < -0.39 is 0 Å². The minimum Gasteiger partial charge on any atom is -0.331 e. The van der Waals surface area contributed by atoms with Gasteiger partial charge in [-0.05, 0) is 55.7 Å². The van der Waals surface area contributed by atoms with Crippen LogP contribution in [-0.2, 0) is 16.0 Å². The molecule has 1 aromatic carbocycles. The molecule has 0 saturated heterocycles. The molecule has 1 unspecified atom stereocenters. The van der Waals surface area contributed by atoms with Crippen molar-refractivity contribution in [3.63, 3.8) is 0 Å². The van der Waals surface area contributed by atoms with Gasteiger partial charge in [0.2, 0.25) is 11.8 Å². The maximum atomic E-state index is 13.3. The lowest BCUT2D eigenvalue weighted by Crippen LogP contribution is -2.49. The predicted octanol–water partition coefficient (Wildman–Crippen LogP) is 3.87. The van der Waals surface area contributed by atoms with E-state index in [1.165, 1.54) is 10.4 Å². The third-order valence-corrected chi connectivity index (χ3v) is 6.54. The number of nitrogens with zero attached hydrogens (tertiary/aromatic N) is 2. The van der Waals surface area contributed by atoms with E-state index in [0.29, 0.717) is 6.54 Å². The van der Waals surface area contributed by atoms with Crippen LogP contribution >= 0.6 is 11.3 Å². The average molecular weight is 383 g/mol. The molecule has 27 heavy (non-hydrogen) atoms. The van der Waals surface area contributed by atoms with Gasteiger partial charge in [0, 0.05) is 23.4 Å². The Labute approximate surface area is 164 Å². The molecule has 1 saturated carbocycles. The van der Waals surface area contributed by atoms with Crippen molar-refractivity contribution in [2.24, 2.45) is 5.92 Å². The Hall–Kier alpha value is -2.14. The molecular formula is C22H26N2O2S. The fourth-order valence-corrected chi connectivity index (χ4v) is 4.80. The first kappa shape index (κ1) is 18.2. The number of carbonyl (C=O) groups excluding carboxylic acids is 2. The van der Waals surface area contributed by atoms with E-state index >= 15 is 0 Å². The van der Waals surface area contributed by atoms with Gasteiger partial charge in [0.15, 0.2) is 0 Å². The van der Waals surface area contributed by atoms with Crippen molar-refractivity contribution in [3.05, 3.63) is 57.8 Å². The van der Waals surface area contributed by atoms with Crippen LogP contribution in [0.4, 0.5) is 0 Å². The molecule has 2 aliphatic rings. The molecule has 142 valence electrons. The lowest BCUT2D eigenvalue weighted by molar-refractivity contribution is -0.143. The first-order valence-electron chi connectivity index (χ1n) is 9.77. The third-order valence-electron chi connectivity index (χ3n) is 5.54. The number of thiophene rings is 1. The molecule has 0 bridgehead atoms. The lowest BCUT2D eigenvalue weighted by atomic mass is 9.93. The molecule has 2 amide bonds. The summed E-state index contributed by atoms with van der Waals surface area (Å²) in [4.78, 5) is 31.0. The molecule has 4 rings (SSSR count). The van der Waals surface area contributed by atoms with Gasteiger partial charge in [-0.3, -0.25) is 9.59 Å². The fourth-order valence-electron chi connectivity index (χ4n) is 3.90. The van der Waals surface area contributed by atoms with Crippen LogP contribution in [0.1, 0.15) is 48.7 Å². The summed E-state index contributed by atoms with van der Waals surface area (Å²) >= 11 is 1.77. The standard InChI is InChI=1S/C22H26N2O2S/c1-15(2)24(22(26)17-8-9-17)14-20(25)23-12-10-19-18(11-13-27-19)21(23)16-6-4-3-5-7-16/h3-7,11,13,15,17,21H,8-10,12,14H2,1-2H3. The topological polar surface area (TPSA) is 40.6 Å². The van der Waals surface area contributed by atoms with Crippen molar-refractivity contribution in [2.75, 3.05) is 13.1 Å². The second-order valence-electron chi connectivity index (χ2n) is 7.78. The molecule has 4 nitrogen and oxygen atoms in total. The quantitative estimate of drug-likeness (QED) is 0.788. The van der Waals surface area contributed by atoms with Gasteiger partial charge in [0.05, 0.1) is 6.04 Å². The van der Waals surface area contributed by atoms with Gasteiger partial charge in [-0.2, -0.15) is 0 Å². The highest BCUT2D eigenvalue weighted by molar-refractivity contribution is 7.10. The Morgan fingerprint density at radius 1 is 1.19 bits per heavy atom. The molecule has 2 aromatic rings. The summed E-state index contributed by atoms with van der Waals surface area (Å²) in [5, 5.41) is 2.12. The molecule has 2 heterocycles. The van der Waals surface area contributed by atoms with Gasteiger partial charge in [-0.15, -0.1) is 11.3 Å². The maximum Gasteiger partial charge on any atom is 0.243 e. The highest BCUT2D eigenvalue weighted by Gasteiger charge is 2.38. The SMILES string of the molecule is CC(C)N(CC(=O)N1CCc2sccc2C1c1ccccc1)C(=O)C1CC1. The third kappa shape index (κ3) is 3.65. The highest BCUT2D eigenvalue weighted by Crippen LogP contribution is 2.38. The summed E-state index contributed by atoms with van der Waals surface area (Å²) in [6.07, 6.45) is 2.82. The van der Waals surface area contributed by atoms with Gasteiger partial charge < -0.3 is 9.80 Å². The van der Waals surface area contributed by atoms with Crippen LogP contribution in [0.5, 0.6) is 0 Å². The van der Waals surface area contributed by atoms with E-state index in [1.54, 1.807) is 16.2 Å². The first-order chi connectivity index (χ1) is 13.1. The Balaban J connectivity index is 1.61. The second kappa shape index (κ2) is 7.47. The Morgan fingerprint density at radius 3 is 2.59 bits per heavy atom. The molecule has 0 radical (unpaired) electrons. The van der Waals surface area contributed by atoms with Gasteiger partial charge in [0.1, 0.15) is 6.54 Å². The molecule has 0 spiro atoms. The number of hydrogen-bond donors (Lipinski definition) is 0. The number of benzene rings is 1. The van der Waals surface area contributed by atoms with Crippen LogP contribution in [0, 0.1) is 5.92 Å². The zero-order valence-corrected chi connectivity index (χ0v) is 16.7. The molecular weight excluding hydrogens is 356 g/mol. The van der Waals surface area contributed by atoms with Crippen molar-refractivity contribution in [3.8, 4) is 0 Å². The van der Waals surface area contributed by atoms with E-state index in [2.05, 4.69) is 23.6 Å². The summed E-state index contributed by atoms with van der Waals surface area (Å²) in [6, 6.07) is 12.4. The number of hydrogen-bond acceptors (Lipinski definition) is 3. The van der Waals surface area contributed by atoms with E-state index in [1.807, 2.05) is 36.9 Å². The minimum atomic E-state index is -0.0567. The average Bonchev–Trinajstić information content (AvgIpc) is 3.42. The molecule has 1 aromatic heterocycles. The largest absolute Gasteiger partial charge is 0.331 e. The van der Waals surface area contributed by atoms with Gasteiger partial charge in [0.25, 0.3) is 0 Å². The van der Waals surface area contributed by atoms with Crippen molar-refractivity contribution in [1.82, 2.24) is 9.80 Å². The summed E-state index contributed by atoms with van der Waals surface area (Å²) in [7, 11) is 0. The highest BCUT2D eigenvalue weighted by atomic mass is 32.1. The van der Waals surface area contributed by atoms with Crippen molar-refractivity contribution in [2.45, 2.75) is 45.2 Å². The molecule has 0 N–H and O–H groups in total. The maximum absolute atomic E-state index is 13.3. The molecule has 1 atom stereocenters. The summed E-state index contributed by atoms with van der Waals surface area (Å²) in [6.45, 7) is 4.87. The second-order valence-corrected chi connectivity index (χ2v) is 8.78. The normalized spacial score (nSPS) is 19.1. The van der Waals surface area contributed by atoms with Crippen LogP contribution in [-0.4, -0.2) is 40.7 Å². The smallest absolute Gasteiger partial charge is 0.243 e. The Kier molecular flexibility index (Phi) is 5.04. The summed E-state index contributed by atoms with van der Waals surface area (Å²) < 4.78 is 0. The van der Waals surface area contributed by atoms with Crippen molar-refractivity contribution in [1.29, 1.82) is 0 Å². The van der Waals surface area contributed by atoms with Gasteiger partial charge in [-0.25, -0.2) is 0 Å². The summed E-state index contributed by atoms with van der Waals surface area (Å²) in [5.74, 6) is 0.321. The summed E-state index contributed by atoms with van der Waals surface area (Å²) in [5.41, 5.74) is 2.37. The zero-order chi connectivity index (χ0) is 19.0. The van der Waals surface area contributed by atoms with Crippen LogP contribution in [0.25, 0.3) is 0 Å². The predicted molar refractivity (Wildman–Crippen MR) is 108 cm³/mol. The molecule has 1 fully saturated rings. The fraction of sp³-hybridized carbons (Fsp3) is 0.455. The number of amides is 2.